The first-order chi connectivity index (χ1) is 13.1. The lowest BCUT2D eigenvalue weighted by atomic mass is 10.1. The molecule has 27 heavy (non-hydrogen) atoms. The molecule has 0 bridgehead atoms. The number of nitrogens with two attached hydrogens (primary N) is 1. The van der Waals surface area contributed by atoms with Crippen LogP contribution < -0.4 is 10.6 Å². The number of rotatable bonds is 3. The van der Waals surface area contributed by atoms with E-state index in [1.807, 2.05) is 5.38 Å². The number of aromatic nitrogens is 3. The van der Waals surface area contributed by atoms with Crippen molar-refractivity contribution in [2.24, 2.45) is 0 Å². The van der Waals surface area contributed by atoms with Crippen LogP contribution in [0.3, 0.4) is 0 Å². The van der Waals surface area contributed by atoms with Crippen LogP contribution in [0.15, 0.2) is 35.8 Å². The Balaban J connectivity index is 1.79. The second kappa shape index (κ2) is 6.92. The summed E-state index contributed by atoms with van der Waals surface area (Å²) in [5.41, 5.74) is 8.10. The lowest BCUT2D eigenvalue weighted by molar-refractivity contribution is 0.0572. The number of nitrogen functional groups attached to an aromatic ring is 1. The van der Waals surface area contributed by atoms with Gasteiger partial charge in [-0.05, 0) is 18.2 Å². The Bertz CT molecular complexity index is 1010. The summed E-state index contributed by atoms with van der Waals surface area (Å²) in [4.78, 5) is 15.2. The second-order valence-corrected chi connectivity index (χ2v) is 7.08. The highest BCUT2D eigenvalue weighted by Gasteiger charge is 2.30. The van der Waals surface area contributed by atoms with Crippen molar-refractivity contribution in [3.05, 3.63) is 41.4 Å². The molecule has 3 aromatic rings. The second-order valence-electron chi connectivity index (χ2n) is 6.19. The molecule has 1 aliphatic rings. The van der Waals surface area contributed by atoms with E-state index in [1.54, 1.807) is 35.4 Å². The molecule has 1 saturated heterocycles. The van der Waals surface area contributed by atoms with Gasteiger partial charge in [-0.25, -0.2) is 15.0 Å². The fraction of sp³-hybridized carbons (Fsp3) is 0.222. The minimum absolute atomic E-state index is 0.251. The van der Waals surface area contributed by atoms with Crippen LogP contribution in [0.1, 0.15) is 5.56 Å². The number of β-amino-alcohol motifs (C(OH)–C–C–N with tert-alkyl or cyclic N) is 2. The average molecular weight is 380 g/mol. The van der Waals surface area contributed by atoms with Crippen molar-refractivity contribution < 1.29 is 10.2 Å². The summed E-state index contributed by atoms with van der Waals surface area (Å²) in [7, 11) is 0. The van der Waals surface area contributed by atoms with Crippen molar-refractivity contribution in [3.63, 3.8) is 0 Å². The van der Waals surface area contributed by atoms with Gasteiger partial charge in [0.15, 0.2) is 0 Å². The third-order valence-electron chi connectivity index (χ3n) is 4.37. The van der Waals surface area contributed by atoms with Crippen LogP contribution in [0.5, 0.6) is 0 Å². The summed E-state index contributed by atoms with van der Waals surface area (Å²) < 4.78 is 0. The molecule has 136 valence electrons. The van der Waals surface area contributed by atoms with E-state index in [1.165, 1.54) is 11.3 Å². The van der Waals surface area contributed by atoms with Crippen molar-refractivity contribution in [3.8, 4) is 28.2 Å². The number of thiazole rings is 1. The quantitative estimate of drug-likeness (QED) is 0.619. The molecule has 0 radical (unpaired) electrons. The summed E-state index contributed by atoms with van der Waals surface area (Å²) >= 11 is 1.43. The molecule has 4 rings (SSSR count). The Kier molecular flexibility index (Phi) is 4.45. The third kappa shape index (κ3) is 3.21. The summed E-state index contributed by atoms with van der Waals surface area (Å²) in [5.74, 6) is 0.590. The maximum Gasteiger partial charge on any atom is 0.141 e. The number of hydrogen-bond donors (Lipinski definition) is 3. The van der Waals surface area contributed by atoms with E-state index in [0.717, 1.165) is 0 Å². The van der Waals surface area contributed by atoms with E-state index < -0.39 is 12.2 Å². The van der Waals surface area contributed by atoms with Gasteiger partial charge in [0.1, 0.15) is 33.8 Å². The van der Waals surface area contributed by atoms with Gasteiger partial charge in [-0.3, -0.25) is 0 Å². The van der Waals surface area contributed by atoms with E-state index in [4.69, 9.17) is 5.73 Å². The zero-order valence-electron chi connectivity index (χ0n) is 14.1. The fourth-order valence-corrected chi connectivity index (χ4v) is 3.61. The van der Waals surface area contributed by atoms with Crippen molar-refractivity contribution in [1.29, 1.82) is 5.26 Å². The van der Waals surface area contributed by atoms with Gasteiger partial charge in [0, 0.05) is 24.7 Å². The number of pyridine rings is 2. The van der Waals surface area contributed by atoms with Gasteiger partial charge in [0.25, 0.3) is 0 Å². The van der Waals surface area contributed by atoms with Gasteiger partial charge in [0.05, 0.1) is 23.6 Å². The van der Waals surface area contributed by atoms with E-state index in [9.17, 15) is 15.5 Å². The van der Waals surface area contributed by atoms with Crippen LogP contribution in [-0.4, -0.2) is 50.5 Å². The summed E-state index contributed by atoms with van der Waals surface area (Å²) in [6.45, 7) is 0.578. The zero-order valence-corrected chi connectivity index (χ0v) is 15.0. The first kappa shape index (κ1) is 17.4. The van der Waals surface area contributed by atoms with Crippen molar-refractivity contribution in [1.82, 2.24) is 15.0 Å². The molecule has 3 aromatic heterocycles. The minimum atomic E-state index is -0.813. The number of nitriles is 1. The van der Waals surface area contributed by atoms with Crippen molar-refractivity contribution in [2.75, 3.05) is 23.7 Å². The first-order valence-electron chi connectivity index (χ1n) is 8.26. The van der Waals surface area contributed by atoms with Gasteiger partial charge in [-0.1, -0.05) is 6.07 Å². The van der Waals surface area contributed by atoms with E-state index in [2.05, 4.69) is 21.0 Å². The summed E-state index contributed by atoms with van der Waals surface area (Å²) in [5, 5.41) is 31.6. The standard InChI is InChI=1S/C18H16N6O2S/c19-7-10-11(20)6-13(18-21-4-5-27-18)23-17(10)12-2-1-3-16(22-12)24-8-14(25)15(26)9-24/h1-6,14-15,25-26H,8-9H2,(H2,20,23)/t14-,15-/m0/s1. The number of anilines is 2. The maximum absolute atomic E-state index is 9.78. The molecule has 1 fully saturated rings. The molecule has 9 heteroatoms. The zero-order chi connectivity index (χ0) is 19.0. The van der Waals surface area contributed by atoms with Crippen LogP contribution in [0.2, 0.25) is 0 Å². The molecule has 4 heterocycles. The lowest BCUT2D eigenvalue weighted by Gasteiger charge is -2.17. The summed E-state index contributed by atoms with van der Waals surface area (Å²) in [6, 6.07) is 9.07. The Morgan fingerprint density at radius 2 is 1.96 bits per heavy atom. The van der Waals surface area contributed by atoms with Gasteiger partial charge in [-0.15, -0.1) is 11.3 Å². The van der Waals surface area contributed by atoms with Crippen molar-refractivity contribution in [2.45, 2.75) is 12.2 Å². The smallest absolute Gasteiger partial charge is 0.141 e. The highest BCUT2D eigenvalue weighted by atomic mass is 32.1. The Morgan fingerprint density at radius 1 is 1.19 bits per heavy atom. The molecular weight excluding hydrogens is 364 g/mol. The van der Waals surface area contributed by atoms with Gasteiger partial charge >= 0.3 is 0 Å². The molecule has 0 saturated carbocycles. The molecule has 0 spiro atoms. The fourth-order valence-electron chi connectivity index (χ4n) is 3.01. The van der Waals surface area contributed by atoms with E-state index in [0.29, 0.717) is 33.6 Å². The minimum Gasteiger partial charge on any atom is -0.398 e. The van der Waals surface area contributed by atoms with Crippen molar-refractivity contribution >= 4 is 22.8 Å². The summed E-state index contributed by atoms with van der Waals surface area (Å²) in [6.07, 6.45) is 0.0535. The molecular formula is C18H16N6O2S. The van der Waals surface area contributed by atoms with Gasteiger partial charge < -0.3 is 20.8 Å². The molecule has 0 unspecified atom stereocenters. The number of aliphatic hydroxyl groups is 2. The highest BCUT2D eigenvalue weighted by molar-refractivity contribution is 7.13. The third-order valence-corrected chi connectivity index (χ3v) is 5.17. The molecule has 1 aliphatic heterocycles. The van der Waals surface area contributed by atoms with E-state index in [-0.39, 0.29) is 18.7 Å². The monoisotopic (exact) mass is 380 g/mol. The lowest BCUT2D eigenvalue weighted by Crippen LogP contribution is -2.22. The van der Waals surface area contributed by atoms with Crippen LogP contribution in [-0.2, 0) is 0 Å². The van der Waals surface area contributed by atoms with Crippen LogP contribution >= 0.6 is 11.3 Å². The Labute approximate surface area is 159 Å². The first-order valence-corrected chi connectivity index (χ1v) is 9.13. The molecule has 0 aromatic carbocycles. The Morgan fingerprint density at radius 3 is 2.63 bits per heavy atom. The van der Waals surface area contributed by atoms with Gasteiger partial charge in [0.2, 0.25) is 0 Å². The molecule has 8 nitrogen and oxygen atoms in total. The van der Waals surface area contributed by atoms with Crippen LogP contribution in [0.25, 0.3) is 22.1 Å². The molecule has 0 amide bonds. The number of nitrogens with zero attached hydrogens (tertiary/aromatic N) is 5. The number of hydrogen-bond acceptors (Lipinski definition) is 9. The SMILES string of the molecule is N#Cc1c(N)cc(-c2nccs2)nc1-c1cccc(N2C[C@H](O)[C@@H](O)C2)n1. The van der Waals surface area contributed by atoms with E-state index >= 15 is 0 Å². The van der Waals surface area contributed by atoms with Gasteiger partial charge in [-0.2, -0.15) is 5.26 Å². The van der Waals surface area contributed by atoms with Crippen LogP contribution in [0, 0.1) is 11.3 Å². The van der Waals surface area contributed by atoms with Crippen LogP contribution in [0.4, 0.5) is 11.5 Å². The maximum atomic E-state index is 9.78. The highest BCUT2D eigenvalue weighted by Crippen LogP contribution is 2.31. The molecule has 4 N–H and O–H groups in total. The topological polar surface area (TPSA) is 132 Å². The molecule has 2 atom stereocenters. The predicted molar refractivity (Wildman–Crippen MR) is 102 cm³/mol. The predicted octanol–water partition coefficient (Wildman–Crippen LogP) is 1.26. The normalized spacial score (nSPS) is 19.2. The average Bonchev–Trinajstić information content (AvgIpc) is 3.32. The Hall–Kier alpha value is -3.06. The molecule has 0 aliphatic carbocycles. The largest absolute Gasteiger partial charge is 0.398 e. The number of aliphatic hydroxyl groups excluding tert-OH is 2.